The third kappa shape index (κ3) is 5.19. The highest BCUT2D eigenvalue weighted by Gasteiger charge is 2.10. The zero-order chi connectivity index (χ0) is 16.1. The first-order valence-corrected chi connectivity index (χ1v) is 7.21. The Morgan fingerprint density at radius 1 is 1.39 bits per heavy atom. The minimum atomic E-state index is -0.191. The van der Waals surface area contributed by atoms with E-state index in [1.54, 1.807) is 37.0 Å². The summed E-state index contributed by atoms with van der Waals surface area (Å²) in [7, 11) is 3.60. The number of aryl methyl sites for hydroxylation is 2. The lowest BCUT2D eigenvalue weighted by Gasteiger charge is -2.18. The normalized spacial score (nSPS) is 12.5. The fourth-order valence-electron chi connectivity index (χ4n) is 2.11. The third-order valence-corrected chi connectivity index (χ3v) is 3.63. The number of rotatable bonds is 4. The van der Waals surface area contributed by atoms with E-state index >= 15 is 0 Å². The minimum Gasteiger partial charge on any atom is -0.351 e. The summed E-state index contributed by atoms with van der Waals surface area (Å²) in [4.78, 5) is 4.19. The van der Waals surface area contributed by atoms with Crippen LogP contribution in [0.25, 0.3) is 0 Å². The van der Waals surface area contributed by atoms with E-state index in [0.717, 1.165) is 11.3 Å². The van der Waals surface area contributed by atoms with Crippen molar-refractivity contribution in [2.45, 2.75) is 26.4 Å². The minimum absolute atomic E-state index is 0. The van der Waals surface area contributed by atoms with Crippen molar-refractivity contribution >= 4 is 29.9 Å². The van der Waals surface area contributed by atoms with Gasteiger partial charge in [-0.25, -0.2) is 4.39 Å². The van der Waals surface area contributed by atoms with Crippen LogP contribution in [0.4, 0.5) is 4.39 Å². The summed E-state index contributed by atoms with van der Waals surface area (Å²) in [5.74, 6) is 0.471. The molecular weight excluding hydrogens is 408 g/mol. The largest absolute Gasteiger partial charge is 0.351 e. The van der Waals surface area contributed by atoms with Crippen LogP contribution in [-0.2, 0) is 13.6 Å². The first kappa shape index (κ1) is 19.4. The molecule has 0 aliphatic rings. The summed E-state index contributed by atoms with van der Waals surface area (Å²) < 4.78 is 15.5. The Labute approximate surface area is 153 Å². The molecule has 0 bridgehead atoms. The molecule has 0 radical (unpaired) electrons. The van der Waals surface area contributed by atoms with E-state index in [9.17, 15) is 4.39 Å². The van der Waals surface area contributed by atoms with Crippen molar-refractivity contribution in [1.29, 1.82) is 0 Å². The summed E-state index contributed by atoms with van der Waals surface area (Å²) >= 11 is 0. The highest BCUT2D eigenvalue weighted by atomic mass is 127. The number of aliphatic imine (C=N–C) groups is 1. The molecule has 2 N–H and O–H groups in total. The zero-order valence-electron chi connectivity index (χ0n) is 13.8. The fraction of sp³-hybridized carbons (Fsp3) is 0.375. The van der Waals surface area contributed by atoms with Crippen LogP contribution in [0.5, 0.6) is 0 Å². The molecule has 0 aliphatic heterocycles. The molecule has 1 heterocycles. The van der Waals surface area contributed by atoms with Crippen LogP contribution in [0.2, 0.25) is 0 Å². The number of nitrogens with one attached hydrogen (secondary N) is 2. The van der Waals surface area contributed by atoms with Gasteiger partial charge in [-0.05, 0) is 37.1 Å². The Morgan fingerprint density at radius 3 is 2.70 bits per heavy atom. The fourth-order valence-corrected chi connectivity index (χ4v) is 2.11. The summed E-state index contributed by atoms with van der Waals surface area (Å²) in [6.07, 6.45) is 1.75. The smallest absolute Gasteiger partial charge is 0.191 e. The SMILES string of the molecule is CN=C(NCc1ccnn1C)NC(C)c1ccc(C)c(F)c1.I. The van der Waals surface area contributed by atoms with Crippen molar-refractivity contribution in [3.8, 4) is 0 Å². The van der Waals surface area contributed by atoms with E-state index in [0.29, 0.717) is 18.1 Å². The highest BCUT2D eigenvalue weighted by molar-refractivity contribution is 14.0. The molecule has 0 aliphatic carbocycles. The topological polar surface area (TPSA) is 54.2 Å². The molecule has 1 aromatic carbocycles. The summed E-state index contributed by atoms with van der Waals surface area (Å²) in [6, 6.07) is 7.16. The number of aromatic nitrogens is 2. The van der Waals surface area contributed by atoms with Gasteiger partial charge < -0.3 is 10.6 Å². The maximum Gasteiger partial charge on any atom is 0.191 e. The van der Waals surface area contributed by atoms with Gasteiger partial charge in [0.2, 0.25) is 0 Å². The summed E-state index contributed by atoms with van der Waals surface area (Å²) in [5.41, 5.74) is 2.58. The van der Waals surface area contributed by atoms with Crippen molar-refractivity contribution in [3.05, 3.63) is 53.1 Å². The third-order valence-electron chi connectivity index (χ3n) is 3.63. The molecule has 0 saturated carbocycles. The quantitative estimate of drug-likeness (QED) is 0.445. The van der Waals surface area contributed by atoms with E-state index < -0.39 is 0 Å². The van der Waals surface area contributed by atoms with E-state index in [1.165, 1.54) is 0 Å². The molecule has 1 unspecified atom stereocenters. The van der Waals surface area contributed by atoms with Gasteiger partial charge in [-0.1, -0.05) is 12.1 Å². The first-order valence-electron chi connectivity index (χ1n) is 7.21. The van der Waals surface area contributed by atoms with Crippen molar-refractivity contribution in [1.82, 2.24) is 20.4 Å². The van der Waals surface area contributed by atoms with Crippen LogP contribution < -0.4 is 10.6 Å². The second-order valence-corrected chi connectivity index (χ2v) is 5.25. The van der Waals surface area contributed by atoms with Gasteiger partial charge in [0.1, 0.15) is 5.82 Å². The van der Waals surface area contributed by atoms with Crippen LogP contribution in [0.3, 0.4) is 0 Å². The lowest BCUT2D eigenvalue weighted by Crippen LogP contribution is -2.38. The van der Waals surface area contributed by atoms with Gasteiger partial charge in [-0.3, -0.25) is 9.67 Å². The zero-order valence-corrected chi connectivity index (χ0v) is 16.1. The van der Waals surface area contributed by atoms with Crippen LogP contribution >= 0.6 is 24.0 Å². The monoisotopic (exact) mass is 431 g/mol. The molecule has 126 valence electrons. The maximum atomic E-state index is 13.7. The van der Waals surface area contributed by atoms with Crippen LogP contribution in [0, 0.1) is 12.7 Å². The predicted octanol–water partition coefficient (Wildman–Crippen LogP) is 2.91. The molecule has 2 aromatic rings. The molecule has 0 saturated heterocycles. The molecule has 0 fully saturated rings. The molecule has 1 atom stereocenters. The molecule has 7 heteroatoms. The van der Waals surface area contributed by atoms with Gasteiger partial charge in [0.25, 0.3) is 0 Å². The average Bonchev–Trinajstić information content (AvgIpc) is 2.91. The van der Waals surface area contributed by atoms with Gasteiger partial charge in [0, 0.05) is 20.3 Å². The molecule has 2 rings (SSSR count). The average molecular weight is 431 g/mol. The van der Waals surface area contributed by atoms with Gasteiger partial charge >= 0.3 is 0 Å². The first-order chi connectivity index (χ1) is 10.5. The molecule has 1 aromatic heterocycles. The summed E-state index contributed by atoms with van der Waals surface area (Å²) in [6.45, 7) is 4.35. The standard InChI is InChI=1S/C16H22FN5.HI/c1-11-5-6-13(9-15(11)17)12(2)21-16(18-3)19-10-14-7-8-20-22(14)4;/h5-9,12H,10H2,1-4H3,(H2,18,19,21);1H. The maximum absolute atomic E-state index is 13.7. The number of guanidine groups is 1. The molecule has 0 spiro atoms. The van der Waals surface area contributed by atoms with Crippen LogP contribution in [-0.4, -0.2) is 22.8 Å². The van der Waals surface area contributed by atoms with Crippen molar-refractivity contribution < 1.29 is 4.39 Å². The van der Waals surface area contributed by atoms with Gasteiger partial charge in [-0.15, -0.1) is 24.0 Å². The second-order valence-electron chi connectivity index (χ2n) is 5.25. The van der Waals surface area contributed by atoms with E-state index in [4.69, 9.17) is 0 Å². The van der Waals surface area contributed by atoms with Crippen LogP contribution in [0.15, 0.2) is 35.5 Å². The lowest BCUT2D eigenvalue weighted by molar-refractivity contribution is 0.606. The number of benzene rings is 1. The number of halogens is 2. The number of nitrogens with zero attached hydrogens (tertiary/aromatic N) is 3. The molecule has 23 heavy (non-hydrogen) atoms. The molecule has 0 amide bonds. The molecular formula is C16H23FIN5. The van der Waals surface area contributed by atoms with Gasteiger partial charge in [-0.2, -0.15) is 5.10 Å². The van der Waals surface area contributed by atoms with Crippen LogP contribution in [0.1, 0.15) is 29.8 Å². The Morgan fingerprint density at radius 2 is 2.13 bits per heavy atom. The van der Waals surface area contributed by atoms with E-state index in [-0.39, 0.29) is 35.8 Å². The van der Waals surface area contributed by atoms with E-state index in [2.05, 4.69) is 20.7 Å². The van der Waals surface area contributed by atoms with Crippen molar-refractivity contribution in [2.24, 2.45) is 12.0 Å². The second kappa shape index (κ2) is 8.85. The Bertz CT molecular complexity index is 668. The summed E-state index contributed by atoms with van der Waals surface area (Å²) in [5, 5.41) is 10.6. The van der Waals surface area contributed by atoms with Crippen molar-refractivity contribution in [3.63, 3.8) is 0 Å². The Hall–Kier alpha value is -1.64. The Balaban J connectivity index is 0.00000264. The highest BCUT2D eigenvalue weighted by Crippen LogP contribution is 2.16. The Kier molecular flexibility index (Phi) is 7.47. The predicted molar refractivity (Wildman–Crippen MR) is 102 cm³/mol. The molecule has 5 nitrogen and oxygen atoms in total. The van der Waals surface area contributed by atoms with Crippen molar-refractivity contribution in [2.75, 3.05) is 7.05 Å². The number of hydrogen-bond acceptors (Lipinski definition) is 2. The van der Waals surface area contributed by atoms with Gasteiger partial charge in [0.05, 0.1) is 18.3 Å². The van der Waals surface area contributed by atoms with Gasteiger partial charge in [0.15, 0.2) is 5.96 Å². The lowest BCUT2D eigenvalue weighted by atomic mass is 10.1. The van der Waals surface area contributed by atoms with E-state index in [1.807, 2.05) is 26.1 Å². The number of hydrogen-bond donors (Lipinski definition) is 2.